The third-order valence-electron chi connectivity index (χ3n) is 5.43. The lowest BCUT2D eigenvalue weighted by Gasteiger charge is -2.32. The molecule has 32 heavy (non-hydrogen) atoms. The van der Waals surface area contributed by atoms with E-state index in [0.717, 1.165) is 5.69 Å². The van der Waals surface area contributed by atoms with Crippen molar-refractivity contribution in [1.29, 1.82) is 0 Å². The van der Waals surface area contributed by atoms with E-state index in [1.165, 1.54) is 18.2 Å². The average Bonchev–Trinajstić information content (AvgIpc) is 3.16. The van der Waals surface area contributed by atoms with Crippen LogP contribution in [0.3, 0.4) is 0 Å². The normalized spacial score (nSPS) is 14.3. The van der Waals surface area contributed by atoms with Crippen LogP contribution in [0, 0.1) is 12.7 Å². The molecule has 0 atom stereocenters. The molecule has 2 heterocycles. The van der Waals surface area contributed by atoms with E-state index in [1.54, 1.807) is 11.8 Å². The zero-order valence-electron chi connectivity index (χ0n) is 17.4. The van der Waals surface area contributed by atoms with Crippen molar-refractivity contribution in [3.8, 4) is 11.3 Å². The molecule has 0 saturated carbocycles. The second kappa shape index (κ2) is 9.40. The number of hydrogen-bond donors (Lipinski definition) is 2. The fourth-order valence-electron chi connectivity index (χ4n) is 3.74. The Morgan fingerprint density at radius 3 is 2.53 bits per heavy atom. The number of anilines is 1. The molecule has 1 aromatic heterocycles. The van der Waals surface area contributed by atoms with E-state index in [9.17, 15) is 14.0 Å². The van der Waals surface area contributed by atoms with Gasteiger partial charge < -0.3 is 20.1 Å². The van der Waals surface area contributed by atoms with Crippen LogP contribution in [0.4, 0.5) is 14.9 Å². The predicted octanol–water partition coefficient (Wildman–Crippen LogP) is 4.87. The number of nitrogens with zero attached hydrogens (tertiary/aromatic N) is 2. The number of piperidine rings is 1. The number of aromatic nitrogens is 1. The Kier molecular flexibility index (Phi) is 6.41. The lowest BCUT2D eigenvalue weighted by atomic mass is 10.0. The fourth-order valence-corrected chi connectivity index (χ4v) is 4.00. The number of halogens is 2. The van der Waals surface area contributed by atoms with Gasteiger partial charge in [-0.05, 0) is 44.0 Å². The summed E-state index contributed by atoms with van der Waals surface area (Å²) in [7, 11) is 0. The van der Waals surface area contributed by atoms with E-state index in [-0.39, 0.29) is 39.7 Å². The maximum Gasteiger partial charge on any atom is 0.321 e. The number of nitrogens with one attached hydrogen (secondary N) is 2. The quantitative estimate of drug-likeness (QED) is 0.586. The van der Waals surface area contributed by atoms with Gasteiger partial charge in [0.15, 0.2) is 0 Å². The van der Waals surface area contributed by atoms with E-state index in [2.05, 4.69) is 15.8 Å². The van der Waals surface area contributed by atoms with Crippen LogP contribution in [0.1, 0.15) is 29.0 Å². The van der Waals surface area contributed by atoms with Crippen LogP contribution in [0.5, 0.6) is 0 Å². The molecule has 7 nitrogen and oxygen atoms in total. The van der Waals surface area contributed by atoms with Crippen LogP contribution >= 0.6 is 11.6 Å². The standard InChI is InChI=1S/C23H22ClFN4O3/c1-14-19(21(28-32-14)20-17(24)8-5-9-18(20)25)22(30)26-16-10-12-29(13-11-16)23(31)27-15-6-3-2-4-7-15/h2-9,16H,10-13H2,1H3,(H,26,30)(H,27,31). The van der Waals surface area contributed by atoms with Crippen LogP contribution in [-0.2, 0) is 0 Å². The topological polar surface area (TPSA) is 87.5 Å². The second-order valence-electron chi connectivity index (χ2n) is 7.59. The van der Waals surface area contributed by atoms with Gasteiger partial charge in [-0.3, -0.25) is 4.79 Å². The molecule has 0 bridgehead atoms. The van der Waals surface area contributed by atoms with Gasteiger partial charge in [-0.2, -0.15) is 0 Å². The molecule has 0 aliphatic carbocycles. The van der Waals surface area contributed by atoms with Gasteiger partial charge in [-0.15, -0.1) is 0 Å². The van der Waals surface area contributed by atoms with Crippen molar-refractivity contribution in [1.82, 2.24) is 15.4 Å². The summed E-state index contributed by atoms with van der Waals surface area (Å²) in [6, 6.07) is 13.2. The first-order valence-electron chi connectivity index (χ1n) is 10.3. The molecule has 1 aliphatic rings. The Hall–Kier alpha value is -3.39. The number of urea groups is 1. The average molecular weight is 457 g/mol. The van der Waals surface area contributed by atoms with Gasteiger partial charge in [0.25, 0.3) is 5.91 Å². The summed E-state index contributed by atoms with van der Waals surface area (Å²) >= 11 is 6.15. The Bertz CT molecular complexity index is 1110. The third-order valence-corrected chi connectivity index (χ3v) is 5.75. The van der Waals surface area contributed by atoms with E-state index < -0.39 is 11.7 Å². The highest BCUT2D eigenvalue weighted by atomic mass is 35.5. The van der Waals surface area contributed by atoms with Gasteiger partial charge >= 0.3 is 6.03 Å². The number of para-hydroxylation sites is 1. The fraction of sp³-hybridized carbons (Fsp3) is 0.261. The number of amides is 3. The van der Waals surface area contributed by atoms with Crippen molar-refractivity contribution in [3.05, 3.63) is 70.7 Å². The molecule has 3 aromatic rings. The van der Waals surface area contributed by atoms with Gasteiger partial charge in [-0.25, -0.2) is 9.18 Å². The monoisotopic (exact) mass is 456 g/mol. The Morgan fingerprint density at radius 2 is 1.84 bits per heavy atom. The molecular weight excluding hydrogens is 435 g/mol. The van der Waals surface area contributed by atoms with Crippen molar-refractivity contribution in [2.45, 2.75) is 25.8 Å². The third kappa shape index (κ3) is 4.60. The minimum absolute atomic E-state index is 0.0311. The van der Waals surface area contributed by atoms with Crippen molar-refractivity contribution in [2.24, 2.45) is 0 Å². The van der Waals surface area contributed by atoms with Crippen LogP contribution < -0.4 is 10.6 Å². The number of rotatable bonds is 4. The highest BCUT2D eigenvalue weighted by Gasteiger charge is 2.29. The summed E-state index contributed by atoms with van der Waals surface area (Å²) in [5, 5.41) is 9.84. The Balaban J connectivity index is 1.40. The number of likely N-dealkylation sites (tertiary alicyclic amines) is 1. The number of hydrogen-bond acceptors (Lipinski definition) is 4. The zero-order valence-corrected chi connectivity index (χ0v) is 18.2. The molecule has 2 aromatic carbocycles. The molecular formula is C23H22ClFN4O3. The van der Waals surface area contributed by atoms with Crippen LogP contribution in [0.2, 0.25) is 5.02 Å². The minimum Gasteiger partial charge on any atom is -0.360 e. The highest BCUT2D eigenvalue weighted by molar-refractivity contribution is 6.33. The SMILES string of the molecule is Cc1onc(-c2c(F)cccc2Cl)c1C(=O)NC1CCN(C(=O)Nc2ccccc2)CC1. The number of carbonyl (C=O) groups excluding carboxylic acids is 2. The molecule has 0 radical (unpaired) electrons. The first-order valence-corrected chi connectivity index (χ1v) is 10.6. The Morgan fingerprint density at radius 1 is 1.12 bits per heavy atom. The smallest absolute Gasteiger partial charge is 0.321 e. The lowest BCUT2D eigenvalue weighted by molar-refractivity contribution is 0.0918. The molecule has 0 spiro atoms. The Labute approximate surface area is 189 Å². The number of aryl methyl sites for hydroxylation is 1. The number of benzene rings is 2. The van der Waals surface area contributed by atoms with Gasteiger partial charge in [-0.1, -0.05) is 41.0 Å². The molecule has 4 rings (SSSR count). The van der Waals surface area contributed by atoms with E-state index in [4.69, 9.17) is 16.1 Å². The molecule has 2 N–H and O–H groups in total. The van der Waals surface area contributed by atoms with E-state index in [1.807, 2.05) is 30.3 Å². The van der Waals surface area contributed by atoms with Gasteiger partial charge in [0.2, 0.25) is 0 Å². The van der Waals surface area contributed by atoms with E-state index >= 15 is 0 Å². The summed E-state index contributed by atoms with van der Waals surface area (Å²) in [5.74, 6) is -0.723. The van der Waals surface area contributed by atoms with Crippen molar-refractivity contribution >= 4 is 29.2 Å². The van der Waals surface area contributed by atoms with Crippen LogP contribution in [0.15, 0.2) is 53.1 Å². The maximum atomic E-state index is 14.4. The molecule has 1 aliphatic heterocycles. The van der Waals surface area contributed by atoms with Crippen molar-refractivity contribution in [2.75, 3.05) is 18.4 Å². The lowest BCUT2D eigenvalue weighted by Crippen LogP contribution is -2.47. The summed E-state index contributed by atoms with van der Waals surface area (Å²) in [6.45, 7) is 2.59. The summed E-state index contributed by atoms with van der Waals surface area (Å²) in [5.41, 5.74) is 0.989. The van der Waals surface area contributed by atoms with E-state index in [0.29, 0.717) is 25.9 Å². The maximum absolute atomic E-state index is 14.4. The molecule has 1 saturated heterocycles. The number of carbonyl (C=O) groups is 2. The van der Waals surface area contributed by atoms with Gasteiger partial charge in [0, 0.05) is 24.8 Å². The predicted molar refractivity (Wildman–Crippen MR) is 119 cm³/mol. The summed E-state index contributed by atoms with van der Waals surface area (Å²) in [6.07, 6.45) is 1.18. The first-order chi connectivity index (χ1) is 15.4. The van der Waals surface area contributed by atoms with Crippen LogP contribution in [0.25, 0.3) is 11.3 Å². The molecule has 1 fully saturated rings. The molecule has 166 valence electrons. The molecule has 0 unspecified atom stereocenters. The second-order valence-corrected chi connectivity index (χ2v) is 8.00. The van der Waals surface area contributed by atoms with Crippen molar-refractivity contribution in [3.63, 3.8) is 0 Å². The molecule has 9 heteroatoms. The molecule has 3 amide bonds. The highest BCUT2D eigenvalue weighted by Crippen LogP contribution is 2.33. The summed E-state index contributed by atoms with van der Waals surface area (Å²) < 4.78 is 19.6. The zero-order chi connectivity index (χ0) is 22.7. The largest absolute Gasteiger partial charge is 0.360 e. The first kappa shape index (κ1) is 21.8. The summed E-state index contributed by atoms with van der Waals surface area (Å²) in [4.78, 5) is 27.2. The minimum atomic E-state index is -0.586. The van der Waals surface area contributed by atoms with Crippen molar-refractivity contribution < 1.29 is 18.5 Å². The van der Waals surface area contributed by atoms with Gasteiger partial charge in [0.05, 0.1) is 10.6 Å². The van der Waals surface area contributed by atoms with Gasteiger partial charge in [0.1, 0.15) is 22.8 Å². The van der Waals surface area contributed by atoms with Crippen LogP contribution in [-0.4, -0.2) is 41.1 Å².